The van der Waals surface area contributed by atoms with Crippen LogP contribution in [0.25, 0.3) is 0 Å². The average molecular weight is 341 g/mol. The Hall–Kier alpha value is -3.29. The number of hydrogen-bond donors (Lipinski definition) is 1. The number of tetrazole rings is 1. The number of hydrogen-bond acceptors (Lipinski definition) is 6. The summed E-state index contributed by atoms with van der Waals surface area (Å²) in [6, 6.07) is 13.5. The van der Waals surface area contributed by atoms with E-state index in [0.717, 1.165) is 16.8 Å². The molecule has 0 spiro atoms. The summed E-state index contributed by atoms with van der Waals surface area (Å²) in [5, 5.41) is 17.5. The molecular weight excluding hydrogens is 325 g/mol. The van der Waals surface area contributed by atoms with E-state index < -0.39 is 0 Å². The second-order valence-electron chi connectivity index (χ2n) is 5.22. The number of aromatic amines is 1. The first-order valence-corrected chi connectivity index (χ1v) is 7.57. The number of aromatic nitrogens is 4. The number of oxime groups is 1. The molecule has 25 heavy (non-hydrogen) atoms. The van der Waals surface area contributed by atoms with Gasteiger partial charge < -0.3 is 9.57 Å². The van der Waals surface area contributed by atoms with E-state index in [2.05, 4.69) is 25.8 Å². The third-order valence-electron chi connectivity index (χ3n) is 3.38. The predicted octanol–water partition coefficient (Wildman–Crippen LogP) is 2.86. The molecule has 0 bridgehead atoms. The molecule has 0 saturated heterocycles. The van der Waals surface area contributed by atoms with Crippen LogP contribution >= 0.6 is 0 Å². The van der Waals surface area contributed by atoms with Crippen LogP contribution in [0, 0.1) is 5.82 Å². The molecule has 0 aliphatic rings. The normalized spacial score (nSPS) is 11.4. The predicted molar refractivity (Wildman–Crippen MR) is 88.4 cm³/mol. The van der Waals surface area contributed by atoms with Gasteiger partial charge in [0.05, 0.1) is 5.71 Å². The van der Waals surface area contributed by atoms with Crippen molar-refractivity contribution in [3.63, 3.8) is 0 Å². The van der Waals surface area contributed by atoms with Crippen LogP contribution in [-0.4, -0.2) is 26.3 Å². The van der Waals surface area contributed by atoms with Gasteiger partial charge in [0.1, 0.15) is 18.2 Å². The van der Waals surface area contributed by atoms with Crippen molar-refractivity contribution >= 4 is 5.71 Å². The second-order valence-corrected chi connectivity index (χ2v) is 5.22. The summed E-state index contributed by atoms with van der Waals surface area (Å²) in [5.74, 6) is 0.898. The van der Waals surface area contributed by atoms with Crippen LogP contribution in [0.3, 0.4) is 0 Å². The number of nitrogens with zero attached hydrogens (tertiary/aromatic N) is 4. The molecule has 1 heterocycles. The van der Waals surface area contributed by atoms with Crippen LogP contribution in [0.4, 0.5) is 4.39 Å². The molecule has 0 radical (unpaired) electrons. The molecule has 0 fully saturated rings. The van der Waals surface area contributed by atoms with Gasteiger partial charge in [-0.1, -0.05) is 22.5 Å². The lowest BCUT2D eigenvalue weighted by Gasteiger charge is -2.06. The summed E-state index contributed by atoms with van der Waals surface area (Å²) in [6.45, 7) is 2.37. The minimum atomic E-state index is -0.273. The first-order valence-electron chi connectivity index (χ1n) is 7.57. The maximum atomic E-state index is 12.8. The lowest BCUT2D eigenvalue weighted by molar-refractivity contribution is 0.130. The molecule has 0 aliphatic heterocycles. The Labute approximate surface area is 143 Å². The van der Waals surface area contributed by atoms with Gasteiger partial charge in [0, 0.05) is 0 Å². The largest absolute Gasteiger partial charge is 0.485 e. The number of ether oxygens (including phenoxy) is 1. The van der Waals surface area contributed by atoms with E-state index in [0.29, 0.717) is 11.6 Å². The Morgan fingerprint density at radius 1 is 1.08 bits per heavy atom. The quantitative estimate of drug-likeness (QED) is 0.527. The highest BCUT2D eigenvalue weighted by molar-refractivity contribution is 5.98. The summed E-state index contributed by atoms with van der Waals surface area (Å²) in [7, 11) is 0. The Morgan fingerprint density at radius 2 is 1.84 bits per heavy atom. The Morgan fingerprint density at radius 3 is 2.52 bits per heavy atom. The molecule has 2 aromatic carbocycles. The molecule has 0 saturated carbocycles. The summed E-state index contributed by atoms with van der Waals surface area (Å²) < 4.78 is 18.4. The molecule has 7 nitrogen and oxygen atoms in total. The fourth-order valence-corrected chi connectivity index (χ4v) is 2.02. The second kappa shape index (κ2) is 8.00. The molecular formula is C17H16FN5O2. The average Bonchev–Trinajstić information content (AvgIpc) is 3.15. The van der Waals surface area contributed by atoms with Crippen molar-refractivity contribution in [3.05, 3.63) is 71.3 Å². The Bertz CT molecular complexity index is 817. The lowest BCUT2D eigenvalue weighted by Crippen LogP contribution is -1.99. The summed E-state index contributed by atoms with van der Waals surface area (Å²) in [6.07, 6.45) is 0. The summed E-state index contributed by atoms with van der Waals surface area (Å²) in [5.41, 5.74) is 2.49. The summed E-state index contributed by atoms with van der Waals surface area (Å²) >= 11 is 0. The van der Waals surface area contributed by atoms with E-state index >= 15 is 0 Å². The Balaban J connectivity index is 1.52. The van der Waals surface area contributed by atoms with E-state index in [1.165, 1.54) is 12.1 Å². The van der Waals surface area contributed by atoms with Crippen molar-refractivity contribution in [1.29, 1.82) is 0 Å². The number of halogens is 1. The van der Waals surface area contributed by atoms with Crippen LogP contribution < -0.4 is 4.74 Å². The SMILES string of the molecule is C/C(=N\OCc1ccc(F)cc1)c1ccc(OCc2nn[nH]n2)cc1. The number of H-pyrrole nitrogens is 1. The van der Waals surface area contributed by atoms with Crippen LogP contribution in [-0.2, 0) is 18.1 Å². The Kier molecular flexibility index (Phi) is 5.30. The fraction of sp³-hybridized carbons (Fsp3) is 0.176. The minimum absolute atomic E-state index is 0.240. The highest BCUT2D eigenvalue weighted by Gasteiger charge is 2.02. The molecule has 1 N–H and O–H groups in total. The zero-order chi connectivity index (χ0) is 17.5. The third kappa shape index (κ3) is 4.84. The van der Waals surface area contributed by atoms with Crippen LogP contribution in [0.15, 0.2) is 53.7 Å². The van der Waals surface area contributed by atoms with Gasteiger partial charge in [0.25, 0.3) is 0 Å². The smallest absolute Gasteiger partial charge is 0.211 e. The maximum absolute atomic E-state index is 12.8. The van der Waals surface area contributed by atoms with Crippen molar-refractivity contribution in [2.24, 2.45) is 5.16 Å². The van der Waals surface area contributed by atoms with Gasteiger partial charge in [-0.2, -0.15) is 5.21 Å². The van der Waals surface area contributed by atoms with E-state index in [4.69, 9.17) is 9.57 Å². The van der Waals surface area contributed by atoms with Crippen LogP contribution in [0.1, 0.15) is 23.9 Å². The molecule has 0 unspecified atom stereocenters. The van der Waals surface area contributed by atoms with Gasteiger partial charge in [-0.3, -0.25) is 0 Å². The van der Waals surface area contributed by atoms with Crippen molar-refractivity contribution in [1.82, 2.24) is 20.6 Å². The van der Waals surface area contributed by atoms with E-state index in [1.54, 1.807) is 12.1 Å². The minimum Gasteiger partial charge on any atom is -0.485 e. The molecule has 3 rings (SSSR count). The van der Waals surface area contributed by atoms with Gasteiger partial charge >= 0.3 is 0 Å². The monoisotopic (exact) mass is 341 g/mol. The molecule has 8 heteroatoms. The highest BCUT2D eigenvalue weighted by atomic mass is 19.1. The zero-order valence-corrected chi connectivity index (χ0v) is 13.5. The lowest BCUT2D eigenvalue weighted by atomic mass is 10.1. The molecule has 0 aliphatic carbocycles. The molecule has 128 valence electrons. The van der Waals surface area contributed by atoms with Crippen molar-refractivity contribution < 1.29 is 14.0 Å². The van der Waals surface area contributed by atoms with Gasteiger partial charge in [-0.15, -0.1) is 10.2 Å². The number of benzene rings is 2. The highest BCUT2D eigenvalue weighted by Crippen LogP contribution is 2.14. The zero-order valence-electron chi connectivity index (χ0n) is 13.5. The number of nitrogens with one attached hydrogen (secondary N) is 1. The van der Waals surface area contributed by atoms with Crippen LogP contribution in [0.5, 0.6) is 5.75 Å². The van der Waals surface area contributed by atoms with Crippen molar-refractivity contribution in [3.8, 4) is 5.75 Å². The maximum Gasteiger partial charge on any atom is 0.211 e. The standard InChI is InChI=1S/C17H16FN5O2/c1-12(21-25-10-13-2-6-15(18)7-3-13)14-4-8-16(9-5-14)24-11-17-19-22-23-20-17/h2-9H,10-11H2,1H3,(H,19,20,22,23)/b21-12+. The first kappa shape index (κ1) is 16.6. The van der Waals surface area contributed by atoms with Crippen LogP contribution in [0.2, 0.25) is 0 Å². The van der Waals surface area contributed by atoms with Gasteiger partial charge in [0.2, 0.25) is 5.82 Å². The van der Waals surface area contributed by atoms with Crippen molar-refractivity contribution in [2.75, 3.05) is 0 Å². The van der Waals surface area contributed by atoms with Crippen molar-refractivity contribution in [2.45, 2.75) is 20.1 Å². The van der Waals surface area contributed by atoms with Gasteiger partial charge in [0.15, 0.2) is 6.61 Å². The summed E-state index contributed by atoms with van der Waals surface area (Å²) in [4.78, 5) is 5.31. The molecule has 1 aromatic heterocycles. The van der Waals surface area contributed by atoms with E-state index in [9.17, 15) is 4.39 Å². The van der Waals surface area contributed by atoms with E-state index in [-0.39, 0.29) is 19.0 Å². The van der Waals surface area contributed by atoms with Gasteiger partial charge in [-0.25, -0.2) is 4.39 Å². The molecule has 3 aromatic rings. The fourth-order valence-electron chi connectivity index (χ4n) is 2.02. The van der Waals surface area contributed by atoms with E-state index in [1.807, 2.05) is 31.2 Å². The van der Waals surface area contributed by atoms with Gasteiger partial charge in [-0.05, 0) is 54.4 Å². The topological polar surface area (TPSA) is 85.3 Å². The number of rotatable bonds is 7. The first-order chi connectivity index (χ1) is 12.2. The third-order valence-corrected chi connectivity index (χ3v) is 3.38. The molecule has 0 atom stereocenters. The molecule has 0 amide bonds.